The molecule has 3 heterocycles. The number of pyridine rings is 1. The highest BCUT2D eigenvalue weighted by molar-refractivity contribution is 5.79. The lowest BCUT2D eigenvalue weighted by molar-refractivity contribution is -0.115. The van der Waals surface area contributed by atoms with Crippen molar-refractivity contribution in [1.29, 1.82) is 0 Å². The number of fused-ring (bicyclic) bond motifs is 3. The summed E-state index contributed by atoms with van der Waals surface area (Å²) >= 11 is 0. The van der Waals surface area contributed by atoms with Crippen molar-refractivity contribution < 1.29 is 9.84 Å². The molecule has 3 nitrogen and oxygen atoms in total. The van der Waals surface area contributed by atoms with Gasteiger partial charge in [-0.25, -0.2) is 0 Å². The second-order valence-corrected chi connectivity index (χ2v) is 5.81. The minimum Gasteiger partial charge on any atom is -0.385 e. The van der Waals surface area contributed by atoms with Crippen LogP contribution in [0.5, 0.6) is 0 Å². The van der Waals surface area contributed by atoms with Crippen LogP contribution in [0.25, 0.3) is 10.9 Å². The van der Waals surface area contributed by atoms with E-state index in [1.165, 1.54) is 0 Å². The maximum Gasteiger partial charge on any atom is 0.0946 e. The third-order valence-electron chi connectivity index (χ3n) is 4.47. The summed E-state index contributed by atoms with van der Waals surface area (Å²) in [6, 6.07) is 10.1. The quantitative estimate of drug-likeness (QED) is 0.852. The van der Waals surface area contributed by atoms with Crippen molar-refractivity contribution in [2.75, 3.05) is 0 Å². The lowest BCUT2D eigenvalue weighted by atomic mass is 9.83. The maximum atomic E-state index is 11.0. The van der Waals surface area contributed by atoms with Crippen LogP contribution >= 0.6 is 0 Å². The first kappa shape index (κ1) is 11.4. The molecule has 2 bridgehead atoms. The first-order valence-corrected chi connectivity index (χ1v) is 6.96. The van der Waals surface area contributed by atoms with Crippen molar-refractivity contribution in [1.82, 2.24) is 4.98 Å². The van der Waals surface area contributed by atoms with Crippen LogP contribution in [0.4, 0.5) is 0 Å². The average molecular weight is 255 g/mol. The van der Waals surface area contributed by atoms with Crippen LogP contribution in [0, 0.1) is 0 Å². The number of aromatic nitrogens is 1. The Bertz CT molecular complexity index is 613. The molecule has 2 fully saturated rings. The summed E-state index contributed by atoms with van der Waals surface area (Å²) in [7, 11) is 0. The van der Waals surface area contributed by atoms with E-state index in [2.05, 4.69) is 4.98 Å². The average Bonchev–Trinajstić information content (AvgIpc) is 2.78. The van der Waals surface area contributed by atoms with Crippen LogP contribution < -0.4 is 0 Å². The summed E-state index contributed by atoms with van der Waals surface area (Å²) in [5, 5.41) is 12.1. The summed E-state index contributed by atoms with van der Waals surface area (Å²) in [6.45, 7) is 0. The van der Waals surface area contributed by atoms with E-state index in [4.69, 9.17) is 4.74 Å². The van der Waals surface area contributed by atoms with Crippen molar-refractivity contribution >= 4 is 10.9 Å². The van der Waals surface area contributed by atoms with E-state index >= 15 is 0 Å². The topological polar surface area (TPSA) is 42.4 Å². The molecule has 0 amide bonds. The summed E-state index contributed by atoms with van der Waals surface area (Å²) in [4.78, 5) is 4.38. The van der Waals surface area contributed by atoms with Crippen molar-refractivity contribution in [3.63, 3.8) is 0 Å². The van der Waals surface area contributed by atoms with Gasteiger partial charge in [-0.1, -0.05) is 18.2 Å². The highest BCUT2D eigenvalue weighted by atomic mass is 16.5. The number of hydrogen-bond acceptors (Lipinski definition) is 3. The van der Waals surface area contributed by atoms with Crippen LogP contribution in [0.3, 0.4) is 0 Å². The molecule has 2 unspecified atom stereocenters. The van der Waals surface area contributed by atoms with Crippen LogP contribution in [-0.2, 0) is 10.3 Å². The van der Waals surface area contributed by atoms with Gasteiger partial charge >= 0.3 is 0 Å². The van der Waals surface area contributed by atoms with Crippen LogP contribution in [-0.4, -0.2) is 22.3 Å². The molecule has 0 spiro atoms. The lowest BCUT2D eigenvalue weighted by Gasteiger charge is -2.36. The van der Waals surface area contributed by atoms with Gasteiger partial charge in [0.2, 0.25) is 0 Å². The zero-order valence-electron chi connectivity index (χ0n) is 10.7. The molecule has 2 aliphatic heterocycles. The predicted molar refractivity (Wildman–Crippen MR) is 72.8 cm³/mol. The third-order valence-corrected chi connectivity index (χ3v) is 4.47. The van der Waals surface area contributed by atoms with Crippen molar-refractivity contribution in [2.45, 2.75) is 43.5 Å². The normalized spacial score (nSPS) is 33.7. The monoisotopic (exact) mass is 255 g/mol. The molecule has 4 rings (SSSR count). The Kier molecular flexibility index (Phi) is 2.41. The van der Waals surface area contributed by atoms with E-state index in [0.29, 0.717) is 12.8 Å². The van der Waals surface area contributed by atoms with E-state index in [9.17, 15) is 5.11 Å². The largest absolute Gasteiger partial charge is 0.385 e. The molecule has 2 saturated heterocycles. The summed E-state index contributed by atoms with van der Waals surface area (Å²) in [5.74, 6) is 0. The van der Waals surface area contributed by atoms with Crippen LogP contribution in [0.15, 0.2) is 36.5 Å². The number of nitrogens with zero attached hydrogens (tertiary/aromatic N) is 1. The third kappa shape index (κ3) is 1.85. The van der Waals surface area contributed by atoms with Crippen LogP contribution in [0.2, 0.25) is 0 Å². The van der Waals surface area contributed by atoms with Gasteiger partial charge in [0.25, 0.3) is 0 Å². The summed E-state index contributed by atoms with van der Waals surface area (Å²) in [6.07, 6.45) is 5.83. The fourth-order valence-electron chi connectivity index (χ4n) is 3.51. The zero-order valence-corrected chi connectivity index (χ0v) is 10.7. The number of benzene rings is 1. The molecule has 1 aromatic heterocycles. The Hall–Kier alpha value is -1.45. The highest BCUT2D eigenvalue weighted by Crippen LogP contribution is 2.44. The molecule has 2 aromatic rings. The Labute approximate surface area is 112 Å². The van der Waals surface area contributed by atoms with Gasteiger partial charge in [-0.3, -0.25) is 4.98 Å². The molecule has 0 aliphatic carbocycles. The predicted octanol–water partition coefficient (Wildman–Crippen LogP) is 2.76. The van der Waals surface area contributed by atoms with Gasteiger partial charge in [0, 0.05) is 24.4 Å². The second kappa shape index (κ2) is 4.02. The summed E-state index contributed by atoms with van der Waals surface area (Å²) in [5.41, 5.74) is 1.20. The molecular formula is C16H17NO2. The summed E-state index contributed by atoms with van der Waals surface area (Å²) < 4.78 is 5.83. The van der Waals surface area contributed by atoms with E-state index < -0.39 is 5.60 Å². The molecule has 19 heavy (non-hydrogen) atoms. The van der Waals surface area contributed by atoms with Gasteiger partial charge in [0.05, 0.1) is 23.3 Å². The van der Waals surface area contributed by atoms with Gasteiger partial charge in [-0.15, -0.1) is 0 Å². The zero-order chi connectivity index (χ0) is 12.9. The Morgan fingerprint density at radius 3 is 2.74 bits per heavy atom. The molecule has 0 saturated carbocycles. The smallest absolute Gasteiger partial charge is 0.0946 e. The SMILES string of the molecule is OC1(c2ccc3cccnc3c2)CC2CCC(C1)O2. The van der Waals surface area contributed by atoms with E-state index in [1.54, 1.807) is 6.20 Å². The van der Waals surface area contributed by atoms with Crippen molar-refractivity contribution in [2.24, 2.45) is 0 Å². The molecule has 2 aliphatic rings. The molecule has 98 valence electrons. The van der Waals surface area contributed by atoms with Crippen molar-refractivity contribution in [3.8, 4) is 0 Å². The molecule has 1 aromatic carbocycles. The van der Waals surface area contributed by atoms with Gasteiger partial charge in [-0.05, 0) is 30.5 Å². The Morgan fingerprint density at radius 2 is 1.95 bits per heavy atom. The Balaban J connectivity index is 1.76. The maximum absolute atomic E-state index is 11.0. The van der Waals surface area contributed by atoms with Crippen molar-refractivity contribution in [3.05, 3.63) is 42.1 Å². The Morgan fingerprint density at radius 1 is 1.16 bits per heavy atom. The molecule has 1 N–H and O–H groups in total. The van der Waals surface area contributed by atoms with E-state index in [1.807, 2.05) is 30.3 Å². The minimum absolute atomic E-state index is 0.225. The second-order valence-electron chi connectivity index (χ2n) is 5.81. The molecule has 0 radical (unpaired) electrons. The van der Waals surface area contributed by atoms with E-state index in [0.717, 1.165) is 29.3 Å². The van der Waals surface area contributed by atoms with Gasteiger partial charge in [-0.2, -0.15) is 0 Å². The standard InChI is InChI=1S/C16H17NO2/c18-16(9-13-5-6-14(10-16)19-13)12-4-3-11-2-1-7-17-15(11)8-12/h1-4,7-8,13-14,18H,5-6,9-10H2. The van der Waals surface area contributed by atoms with Gasteiger partial charge < -0.3 is 9.84 Å². The minimum atomic E-state index is -0.740. The van der Waals surface area contributed by atoms with E-state index in [-0.39, 0.29) is 12.2 Å². The lowest BCUT2D eigenvalue weighted by Crippen LogP contribution is -2.38. The number of rotatable bonds is 1. The number of hydrogen-bond donors (Lipinski definition) is 1. The fraction of sp³-hybridized carbons (Fsp3) is 0.438. The van der Waals surface area contributed by atoms with Gasteiger partial charge in [0.15, 0.2) is 0 Å². The molecule has 3 heteroatoms. The van der Waals surface area contributed by atoms with Gasteiger partial charge in [0.1, 0.15) is 0 Å². The number of ether oxygens (including phenoxy) is 1. The highest BCUT2D eigenvalue weighted by Gasteiger charge is 2.44. The van der Waals surface area contributed by atoms with Crippen LogP contribution in [0.1, 0.15) is 31.2 Å². The first-order valence-electron chi connectivity index (χ1n) is 6.96. The molecule has 2 atom stereocenters. The molecular weight excluding hydrogens is 238 g/mol. The fourth-order valence-corrected chi connectivity index (χ4v) is 3.51. The number of aliphatic hydroxyl groups is 1. The first-order chi connectivity index (χ1) is 9.23.